The maximum atomic E-state index is 13.4. The fourth-order valence-corrected chi connectivity index (χ4v) is 1.19. The molecule has 0 bridgehead atoms. The van der Waals surface area contributed by atoms with Crippen LogP contribution in [-0.2, 0) is 0 Å². The summed E-state index contributed by atoms with van der Waals surface area (Å²) in [6.45, 7) is -2.09. The number of ketones is 1. The van der Waals surface area contributed by atoms with Gasteiger partial charge < -0.3 is 4.74 Å². The van der Waals surface area contributed by atoms with Crippen LogP contribution in [0.5, 0.6) is 5.75 Å². The molecule has 1 aromatic carbocycles. The van der Waals surface area contributed by atoms with Gasteiger partial charge in [-0.1, -0.05) is 11.6 Å². The summed E-state index contributed by atoms with van der Waals surface area (Å²) in [5, 5.41) is -0.308. The minimum atomic E-state index is -3.20. The first-order valence-electron chi connectivity index (χ1n) is 3.87. The molecule has 1 aromatic rings. The minimum Gasteiger partial charge on any atom is -0.430 e. The largest absolute Gasteiger partial charge is 0.430 e. The van der Waals surface area contributed by atoms with E-state index in [2.05, 4.69) is 4.74 Å². The maximum Gasteiger partial charge on any atom is 0.387 e. The molecule has 0 radical (unpaired) electrons. The molecule has 1 rings (SSSR count). The van der Waals surface area contributed by atoms with Gasteiger partial charge in [-0.05, 0) is 19.1 Å². The summed E-state index contributed by atoms with van der Waals surface area (Å²) in [6, 6.07) is 2.23. The fourth-order valence-electron chi connectivity index (χ4n) is 1.00. The highest BCUT2D eigenvalue weighted by atomic mass is 35.5. The standard InChI is InChI=1S/C9H6ClF3O2/c1-4(14)5-2-3-6(10)8(7(5)11)15-9(12)13/h2-3,9H,1H3. The molecule has 0 aliphatic carbocycles. The third kappa shape index (κ3) is 2.62. The monoisotopic (exact) mass is 238 g/mol. The van der Waals surface area contributed by atoms with Crippen molar-refractivity contribution in [1.82, 2.24) is 0 Å². The molecule has 6 heteroatoms. The van der Waals surface area contributed by atoms with Crippen LogP contribution in [0.4, 0.5) is 13.2 Å². The van der Waals surface area contributed by atoms with E-state index >= 15 is 0 Å². The molecule has 15 heavy (non-hydrogen) atoms. The van der Waals surface area contributed by atoms with E-state index in [0.29, 0.717) is 0 Å². The third-order valence-electron chi connectivity index (χ3n) is 1.64. The number of hydrogen-bond donors (Lipinski definition) is 0. The van der Waals surface area contributed by atoms with Crippen LogP contribution in [0.2, 0.25) is 5.02 Å². The molecule has 0 aliphatic heterocycles. The Morgan fingerprint density at radius 1 is 1.47 bits per heavy atom. The first kappa shape index (κ1) is 11.8. The van der Waals surface area contributed by atoms with Gasteiger partial charge in [0, 0.05) is 0 Å². The van der Waals surface area contributed by atoms with Gasteiger partial charge in [0.25, 0.3) is 0 Å². The van der Waals surface area contributed by atoms with Crippen molar-refractivity contribution in [2.75, 3.05) is 0 Å². The first-order valence-corrected chi connectivity index (χ1v) is 4.25. The summed E-state index contributed by atoms with van der Waals surface area (Å²) < 4.78 is 41.0. The van der Waals surface area contributed by atoms with Gasteiger partial charge in [0.15, 0.2) is 17.3 Å². The van der Waals surface area contributed by atoms with Crippen molar-refractivity contribution in [3.63, 3.8) is 0 Å². The van der Waals surface area contributed by atoms with Gasteiger partial charge >= 0.3 is 6.61 Å². The van der Waals surface area contributed by atoms with Crippen molar-refractivity contribution in [3.05, 3.63) is 28.5 Å². The highest BCUT2D eigenvalue weighted by molar-refractivity contribution is 6.32. The van der Waals surface area contributed by atoms with Gasteiger partial charge in [-0.3, -0.25) is 4.79 Å². The molecule has 0 fully saturated rings. The second-order valence-electron chi connectivity index (χ2n) is 2.67. The van der Waals surface area contributed by atoms with E-state index in [1.165, 1.54) is 0 Å². The molecule has 82 valence electrons. The molecule has 0 aliphatic rings. The Kier molecular flexibility index (Phi) is 3.57. The van der Waals surface area contributed by atoms with Crippen molar-refractivity contribution < 1.29 is 22.7 Å². The predicted octanol–water partition coefficient (Wildman–Crippen LogP) is 3.28. The van der Waals surface area contributed by atoms with E-state index in [1.807, 2.05) is 0 Å². The topological polar surface area (TPSA) is 26.3 Å². The summed E-state index contributed by atoms with van der Waals surface area (Å²) in [7, 11) is 0. The molecule has 0 saturated carbocycles. The zero-order valence-corrected chi connectivity index (χ0v) is 8.32. The Hall–Kier alpha value is -1.23. The zero-order valence-electron chi connectivity index (χ0n) is 7.56. The number of alkyl halides is 2. The molecule has 0 saturated heterocycles. The minimum absolute atomic E-state index is 0.308. The quantitative estimate of drug-likeness (QED) is 0.756. The average Bonchev–Trinajstić information content (AvgIpc) is 2.11. The maximum absolute atomic E-state index is 13.4. The molecule has 0 N–H and O–H groups in total. The lowest BCUT2D eigenvalue weighted by Gasteiger charge is -2.09. The van der Waals surface area contributed by atoms with E-state index in [-0.39, 0.29) is 10.6 Å². The van der Waals surface area contributed by atoms with E-state index < -0.39 is 24.0 Å². The van der Waals surface area contributed by atoms with Gasteiger partial charge in [0.05, 0.1) is 10.6 Å². The van der Waals surface area contributed by atoms with Crippen LogP contribution in [0, 0.1) is 5.82 Å². The van der Waals surface area contributed by atoms with Crippen LogP contribution in [0.1, 0.15) is 17.3 Å². The number of carbonyl (C=O) groups excluding carboxylic acids is 1. The first-order chi connectivity index (χ1) is 6.93. The fraction of sp³-hybridized carbons (Fsp3) is 0.222. The van der Waals surface area contributed by atoms with Crippen LogP contribution in [0.15, 0.2) is 12.1 Å². The Morgan fingerprint density at radius 3 is 2.53 bits per heavy atom. The van der Waals surface area contributed by atoms with Crippen LogP contribution in [0.3, 0.4) is 0 Å². The summed E-state index contributed by atoms with van der Waals surface area (Å²) in [4.78, 5) is 10.9. The van der Waals surface area contributed by atoms with Gasteiger partial charge in [-0.15, -0.1) is 0 Å². The molecule has 0 aromatic heterocycles. The lowest BCUT2D eigenvalue weighted by molar-refractivity contribution is -0.0521. The molecule has 0 atom stereocenters. The van der Waals surface area contributed by atoms with Crippen LogP contribution < -0.4 is 4.74 Å². The van der Waals surface area contributed by atoms with Crippen molar-refractivity contribution in [2.24, 2.45) is 0 Å². The molecular formula is C9H6ClF3O2. The molecule has 0 heterocycles. The Balaban J connectivity index is 3.24. The number of benzene rings is 1. The van der Waals surface area contributed by atoms with Crippen molar-refractivity contribution in [2.45, 2.75) is 13.5 Å². The van der Waals surface area contributed by atoms with Crippen molar-refractivity contribution >= 4 is 17.4 Å². The number of Topliss-reactive ketones (excluding diaryl/α,β-unsaturated/α-hetero) is 1. The summed E-state index contributed by atoms with van der Waals surface area (Å²) in [5.74, 6) is -2.57. The highest BCUT2D eigenvalue weighted by Gasteiger charge is 2.19. The van der Waals surface area contributed by atoms with Crippen molar-refractivity contribution in [3.8, 4) is 5.75 Å². The Bertz CT molecular complexity index is 393. The number of halogens is 4. The van der Waals surface area contributed by atoms with Gasteiger partial charge in [-0.2, -0.15) is 8.78 Å². The molecule has 0 spiro atoms. The second kappa shape index (κ2) is 4.53. The van der Waals surface area contributed by atoms with Crippen LogP contribution >= 0.6 is 11.6 Å². The Morgan fingerprint density at radius 2 is 2.07 bits per heavy atom. The number of rotatable bonds is 3. The molecule has 0 amide bonds. The van der Waals surface area contributed by atoms with E-state index in [0.717, 1.165) is 19.1 Å². The number of carbonyl (C=O) groups is 1. The van der Waals surface area contributed by atoms with Crippen LogP contribution in [-0.4, -0.2) is 12.4 Å². The van der Waals surface area contributed by atoms with Gasteiger partial charge in [0.1, 0.15) is 0 Å². The molecule has 2 nitrogen and oxygen atoms in total. The second-order valence-corrected chi connectivity index (χ2v) is 3.08. The van der Waals surface area contributed by atoms with Crippen LogP contribution in [0.25, 0.3) is 0 Å². The van der Waals surface area contributed by atoms with E-state index in [1.54, 1.807) is 0 Å². The lowest BCUT2D eigenvalue weighted by atomic mass is 10.1. The van der Waals surface area contributed by atoms with Crippen molar-refractivity contribution in [1.29, 1.82) is 0 Å². The van der Waals surface area contributed by atoms with E-state index in [4.69, 9.17) is 11.6 Å². The zero-order chi connectivity index (χ0) is 11.6. The number of ether oxygens (including phenoxy) is 1. The van der Waals surface area contributed by atoms with Gasteiger partial charge in [0.2, 0.25) is 0 Å². The summed E-state index contributed by atoms with van der Waals surface area (Å²) in [6.07, 6.45) is 0. The molecule has 0 unspecified atom stereocenters. The highest BCUT2D eigenvalue weighted by Crippen LogP contribution is 2.31. The smallest absolute Gasteiger partial charge is 0.387 e. The lowest BCUT2D eigenvalue weighted by Crippen LogP contribution is -2.07. The summed E-state index contributed by atoms with van der Waals surface area (Å²) in [5.41, 5.74) is -0.338. The number of hydrogen-bond acceptors (Lipinski definition) is 2. The SMILES string of the molecule is CC(=O)c1ccc(Cl)c(OC(F)F)c1F. The third-order valence-corrected chi connectivity index (χ3v) is 1.93. The summed E-state index contributed by atoms with van der Waals surface area (Å²) >= 11 is 5.44. The normalized spacial score (nSPS) is 10.5. The van der Waals surface area contributed by atoms with Gasteiger partial charge in [-0.25, -0.2) is 4.39 Å². The predicted molar refractivity (Wildman–Crippen MR) is 48.0 cm³/mol. The average molecular weight is 239 g/mol. The Labute approximate surface area is 88.6 Å². The molecular weight excluding hydrogens is 233 g/mol. The van der Waals surface area contributed by atoms with E-state index in [9.17, 15) is 18.0 Å².